The van der Waals surface area contributed by atoms with Crippen LogP contribution >= 0.6 is 0 Å². The predicted octanol–water partition coefficient (Wildman–Crippen LogP) is 3.82. The van der Waals surface area contributed by atoms with Crippen LogP contribution in [0, 0.1) is 0 Å². The van der Waals surface area contributed by atoms with E-state index in [1.54, 1.807) is 24.3 Å². The highest BCUT2D eigenvalue weighted by Crippen LogP contribution is 2.26. The van der Waals surface area contributed by atoms with E-state index in [1.165, 1.54) is 25.3 Å². The Labute approximate surface area is 146 Å². The molecule has 0 spiro atoms. The van der Waals surface area contributed by atoms with E-state index in [2.05, 4.69) is 12.2 Å². The Bertz CT molecular complexity index is 740. The van der Waals surface area contributed by atoms with Crippen molar-refractivity contribution in [2.24, 2.45) is 0 Å². The van der Waals surface area contributed by atoms with E-state index in [1.807, 2.05) is 0 Å². The summed E-state index contributed by atoms with van der Waals surface area (Å²) in [5.41, 5.74) is 0.803. The molecule has 0 fully saturated rings. The zero-order valence-electron chi connectivity index (χ0n) is 14.2. The first-order chi connectivity index (χ1) is 12.0. The molecule has 1 amide bonds. The number of carboxylic acid groups (broad SMARTS) is 1. The van der Waals surface area contributed by atoms with Gasteiger partial charge in [0.05, 0.1) is 25.0 Å². The van der Waals surface area contributed by atoms with Crippen molar-refractivity contribution < 1.29 is 24.2 Å². The van der Waals surface area contributed by atoms with E-state index in [-0.39, 0.29) is 11.5 Å². The maximum absolute atomic E-state index is 12.4. The standard InChI is InChI=1S/C19H21NO5/c1-3-4-11-25-15-8-5-13(6-9-15)18(21)20-16-12-14(19(22)23)7-10-17(16)24-2/h5-10,12H,3-4,11H2,1-2H3,(H,20,21)(H,22,23). The summed E-state index contributed by atoms with van der Waals surface area (Å²) >= 11 is 0. The van der Waals surface area contributed by atoms with Crippen LogP contribution in [0.25, 0.3) is 0 Å². The number of aromatic carboxylic acids is 1. The van der Waals surface area contributed by atoms with Crippen LogP contribution in [0.5, 0.6) is 11.5 Å². The maximum atomic E-state index is 12.4. The van der Waals surface area contributed by atoms with E-state index in [9.17, 15) is 9.59 Å². The number of hydrogen-bond acceptors (Lipinski definition) is 4. The first-order valence-corrected chi connectivity index (χ1v) is 8.00. The molecule has 0 aliphatic rings. The molecule has 0 unspecified atom stereocenters. The van der Waals surface area contributed by atoms with Gasteiger partial charge >= 0.3 is 5.97 Å². The molecule has 0 saturated carbocycles. The van der Waals surface area contributed by atoms with Crippen molar-refractivity contribution in [3.05, 3.63) is 53.6 Å². The number of anilines is 1. The lowest BCUT2D eigenvalue weighted by Crippen LogP contribution is -2.13. The van der Waals surface area contributed by atoms with Gasteiger partial charge in [-0.1, -0.05) is 13.3 Å². The normalized spacial score (nSPS) is 10.2. The summed E-state index contributed by atoms with van der Waals surface area (Å²) in [5, 5.41) is 11.8. The molecule has 2 N–H and O–H groups in total. The lowest BCUT2D eigenvalue weighted by Gasteiger charge is -2.11. The Morgan fingerprint density at radius 2 is 1.76 bits per heavy atom. The van der Waals surface area contributed by atoms with Gasteiger partial charge < -0.3 is 19.9 Å². The van der Waals surface area contributed by atoms with E-state index >= 15 is 0 Å². The first-order valence-electron chi connectivity index (χ1n) is 8.00. The number of rotatable bonds is 8. The number of carboxylic acids is 1. The molecule has 0 bridgehead atoms. The third-order valence-electron chi connectivity index (χ3n) is 3.58. The number of amides is 1. The number of nitrogens with one attached hydrogen (secondary N) is 1. The van der Waals surface area contributed by atoms with Crippen molar-refractivity contribution in [3.63, 3.8) is 0 Å². The monoisotopic (exact) mass is 343 g/mol. The summed E-state index contributed by atoms with van der Waals surface area (Å²) in [7, 11) is 1.45. The second-order valence-corrected chi connectivity index (χ2v) is 5.40. The molecule has 25 heavy (non-hydrogen) atoms. The highest BCUT2D eigenvalue weighted by molar-refractivity contribution is 6.05. The van der Waals surface area contributed by atoms with Gasteiger partial charge in [0.25, 0.3) is 5.91 Å². The second kappa shape index (κ2) is 8.73. The number of benzene rings is 2. The van der Waals surface area contributed by atoms with Crippen LogP contribution in [0.15, 0.2) is 42.5 Å². The quantitative estimate of drug-likeness (QED) is 0.712. The van der Waals surface area contributed by atoms with Gasteiger partial charge in [-0.05, 0) is 48.9 Å². The molecule has 6 nitrogen and oxygen atoms in total. The lowest BCUT2D eigenvalue weighted by atomic mass is 10.1. The fourth-order valence-corrected chi connectivity index (χ4v) is 2.17. The van der Waals surface area contributed by atoms with Crippen LogP contribution in [0.3, 0.4) is 0 Å². The van der Waals surface area contributed by atoms with E-state index in [0.717, 1.165) is 12.8 Å². The molecule has 132 valence electrons. The number of carbonyl (C=O) groups excluding carboxylic acids is 1. The number of ether oxygens (including phenoxy) is 2. The van der Waals surface area contributed by atoms with Gasteiger partial charge in [-0.25, -0.2) is 4.79 Å². The SMILES string of the molecule is CCCCOc1ccc(C(=O)Nc2cc(C(=O)O)ccc2OC)cc1. The molecule has 0 heterocycles. The molecular weight excluding hydrogens is 322 g/mol. The molecule has 0 aliphatic heterocycles. The average molecular weight is 343 g/mol. The molecule has 0 aliphatic carbocycles. The predicted molar refractivity (Wildman–Crippen MR) is 94.8 cm³/mol. The summed E-state index contributed by atoms with van der Waals surface area (Å²) < 4.78 is 10.7. The molecule has 2 rings (SSSR count). The van der Waals surface area contributed by atoms with E-state index in [0.29, 0.717) is 29.4 Å². The number of unbranched alkanes of at least 4 members (excludes halogenated alkanes) is 1. The van der Waals surface area contributed by atoms with Crippen molar-refractivity contribution in [3.8, 4) is 11.5 Å². The number of methoxy groups -OCH3 is 1. The maximum Gasteiger partial charge on any atom is 0.335 e. The highest BCUT2D eigenvalue weighted by atomic mass is 16.5. The number of carbonyl (C=O) groups is 2. The van der Waals surface area contributed by atoms with Crippen molar-refractivity contribution >= 4 is 17.6 Å². The highest BCUT2D eigenvalue weighted by Gasteiger charge is 2.13. The lowest BCUT2D eigenvalue weighted by molar-refractivity contribution is 0.0696. The van der Waals surface area contributed by atoms with Crippen LogP contribution in [0.2, 0.25) is 0 Å². The molecule has 2 aromatic rings. The summed E-state index contributed by atoms with van der Waals surface area (Å²) in [4.78, 5) is 23.5. The smallest absolute Gasteiger partial charge is 0.335 e. The van der Waals surface area contributed by atoms with Gasteiger partial charge in [0.2, 0.25) is 0 Å². The van der Waals surface area contributed by atoms with E-state index < -0.39 is 5.97 Å². The molecule has 0 atom stereocenters. The molecular formula is C19H21NO5. The zero-order chi connectivity index (χ0) is 18.2. The molecule has 2 aromatic carbocycles. The van der Waals surface area contributed by atoms with Crippen LogP contribution in [0.4, 0.5) is 5.69 Å². The summed E-state index contributed by atoms with van der Waals surface area (Å²) in [6.45, 7) is 2.73. The Hall–Kier alpha value is -3.02. The van der Waals surface area contributed by atoms with Crippen LogP contribution in [-0.2, 0) is 0 Å². The van der Waals surface area contributed by atoms with Crippen LogP contribution < -0.4 is 14.8 Å². The Balaban J connectivity index is 2.11. The number of hydrogen-bond donors (Lipinski definition) is 2. The van der Waals surface area contributed by atoms with E-state index in [4.69, 9.17) is 14.6 Å². The van der Waals surface area contributed by atoms with Crippen molar-refractivity contribution in [2.45, 2.75) is 19.8 Å². The van der Waals surface area contributed by atoms with Gasteiger partial charge in [0.15, 0.2) is 0 Å². The van der Waals surface area contributed by atoms with Gasteiger partial charge in [0, 0.05) is 5.56 Å². The van der Waals surface area contributed by atoms with Gasteiger partial charge in [-0.3, -0.25) is 4.79 Å². The largest absolute Gasteiger partial charge is 0.495 e. The minimum absolute atomic E-state index is 0.0655. The molecule has 0 aromatic heterocycles. The van der Waals surface area contributed by atoms with Crippen LogP contribution in [0.1, 0.15) is 40.5 Å². The fourth-order valence-electron chi connectivity index (χ4n) is 2.17. The van der Waals surface area contributed by atoms with Gasteiger partial charge in [0.1, 0.15) is 11.5 Å². The van der Waals surface area contributed by atoms with Crippen molar-refractivity contribution in [1.29, 1.82) is 0 Å². The Morgan fingerprint density at radius 3 is 2.36 bits per heavy atom. The summed E-state index contributed by atoms with van der Waals surface area (Å²) in [6.07, 6.45) is 2.03. The Kier molecular flexibility index (Phi) is 6.39. The van der Waals surface area contributed by atoms with Crippen LogP contribution in [-0.4, -0.2) is 30.7 Å². The third kappa shape index (κ3) is 4.97. The van der Waals surface area contributed by atoms with Crippen molar-refractivity contribution in [2.75, 3.05) is 19.0 Å². The summed E-state index contributed by atoms with van der Waals surface area (Å²) in [5.74, 6) is -0.346. The topological polar surface area (TPSA) is 84.9 Å². The van der Waals surface area contributed by atoms with Gasteiger partial charge in [-0.15, -0.1) is 0 Å². The average Bonchev–Trinajstić information content (AvgIpc) is 2.62. The summed E-state index contributed by atoms with van der Waals surface area (Å²) in [6, 6.07) is 11.1. The first kappa shape index (κ1) is 18.3. The fraction of sp³-hybridized carbons (Fsp3) is 0.263. The minimum Gasteiger partial charge on any atom is -0.495 e. The van der Waals surface area contributed by atoms with Gasteiger partial charge in [-0.2, -0.15) is 0 Å². The molecule has 0 saturated heterocycles. The third-order valence-corrected chi connectivity index (χ3v) is 3.58. The zero-order valence-corrected chi connectivity index (χ0v) is 14.2. The second-order valence-electron chi connectivity index (χ2n) is 5.40. The Morgan fingerprint density at radius 1 is 1.08 bits per heavy atom. The molecule has 6 heteroatoms. The minimum atomic E-state index is -1.08. The van der Waals surface area contributed by atoms with Crippen molar-refractivity contribution in [1.82, 2.24) is 0 Å². The molecule has 0 radical (unpaired) electrons.